The third-order valence-corrected chi connectivity index (χ3v) is 3.46. The molecule has 7 heteroatoms. The molecule has 0 unspecified atom stereocenters. The molecule has 4 nitrogen and oxygen atoms in total. The van der Waals surface area contributed by atoms with Crippen LogP contribution in [0.3, 0.4) is 0 Å². The largest absolute Gasteiger partial charge is 0.481 e. The van der Waals surface area contributed by atoms with Gasteiger partial charge in [0.2, 0.25) is 5.91 Å². The summed E-state index contributed by atoms with van der Waals surface area (Å²) < 4.78 is 12.8. The van der Waals surface area contributed by atoms with Crippen LogP contribution in [0.5, 0.6) is 0 Å². The Kier molecular flexibility index (Phi) is 6.66. The van der Waals surface area contributed by atoms with Gasteiger partial charge in [-0.25, -0.2) is 4.39 Å². The summed E-state index contributed by atoms with van der Waals surface area (Å²) >= 11 is 7.03. The van der Waals surface area contributed by atoms with Crippen LogP contribution in [0.2, 0.25) is 5.02 Å². The number of rotatable bonds is 7. The van der Waals surface area contributed by atoms with E-state index in [1.807, 2.05) is 0 Å². The summed E-state index contributed by atoms with van der Waals surface area (Å²) in [6, 6.07) is 3.88. The van der Waals surface area contributed by atoms with Crippen LogP contribution in [0, 0.1) is 5.82 Å². The molecule has 1 aromatic carbocycles. The molecule has 19 heavy (non-hydrogen) atoms. The van der Waals surface area contributed by atoms with Gasteiger partial charge >= 0.3 is 5.97 Å². The lowest BCUT2D eigenvalue weighted by molar-refractivity contribution is -0.133. The van der Waals surface area contributed by atoms with E-state index in [0.29, 0.717) is 17.9 Å². The van der Waals surface area contributed by atoms with Gasteiger partial charge in [-0.05, 0) is 17.7 Å². The van der Waals surface area contributed by atoms with Crippen molar-refractivity contribution in [1.29, 1.82) is 0 Å². The Balaban J connectivity index is 2.29. The predicted octanol–water partition coefficient (Wildman–Crippen LogP) is 1.96. The van der Waals surface area contributed by atoms with Crippen molar-refractivity contribution >= 4 is 35.2 Å². The Morgan fingerprint density at radius 1 is 1.42 bits per heavy atom. The van der Waals surface area contributed by atoms with Crippen molar-refractivity contribution in [2.45, 2.75) is 6.42 Å². The Morgan fingerprint density at radius 2 is 2.16 bits per heavy atom. The lowest BCUT2D eigenvalue weighted by atomic mass is 10.1. The first kappa shape index (κ1) is 15.8. The van der Waals surface area contributed by atoms with Crippen molar-refractivity contribution in [2.75, 3.05) is 18.1 Å². The van der Waals surface area contributed by atoms with E-state index in [1.54, 1.807) is 0 Å². The van der Waals surface area contributed by atoms with Gasteiger partial charge in [-0.1, -0.05) is 17.7 Å². The minimum absolute atomic E-state index is 0.0136. The van der Waals surface area contributed by atoms with E-state index in [4.69, 9.17) is 16.7 Å². The molecule has 0 saturated heterocycles. The minimum Gasteiger partial charge on any atom is -0.481 e. The van der Waals surface area contributed by atoms with Gasteiger partial charge in [0.25, 0.3) is 0 Å². The van der Waals surface area contributed by atoms with Gasteiger partial charge in [0.1, 0.15) is 5.82 Å². The molecule has 1 amide bonds. The maximum atomic E-state index is 12.8. The maximum Gasteiger partial charge on any atom is 0.313 e. The van der Waals surface area contributed by atoms with Crippen LogP contribution >= 0.6 is 23.4 Å². The average molecular weight is 306 g/mol. The molecule has 0 heterocycles. The molecule has 0 fully saturated rings. The number of carboxylic acids is 1. The molecule has 0 aliphatic rings. The molecule has 104 valence electrons. The summed E-state index contributed by atoms with van der Waals surface area (Å²) in [7, 11) is 0. The fourth-order valence-electron chi connectivity index (χ4n) is 1.32. The highest BCUT2D eigenvalue weighted by Gasteiger charge is 2.07. The molecule has 0 bridgehead atoms. The minimum atomic E-state index is -0.880. The predicted molar refractivity (Wildman–Crippen MR) is 73.1 cm³/mol. The number of benzene rings is 1. The normalized spacial score (nSPS) is 10.2. The third kappa shape index (κ3) is 6.45. The molecule has 0 spiro atoms. The molecule has 0 radical (unpaired) electrons. The topological polar surface area (TPSA) is 66.4 Å². The maximum absolute atomic E-state index is 12.8. The number of halogens is 2. The van der Waals surface area contributed by atoms with E-state index in [0.717, 1.165) is 6.07 Å². The number of aliphatic carboxylic acids is 1. The van der Waals surface area contributed by atoms with Crippen molar-refractivity contribution in [2.24, 2.45) is 0 Å². The Hall–Kier alpha value is -1.27. The highest BCUT2D eigenvalue weighted by Crippen LogP contribution is 2.17. The second-order valence-corrected chi connectivity index (χ2v) is 5.22. The van der Waals surface area contributed by atoms with E-state index in [2.05, 4.69) is 5.32 Å². The van der Waals surface area contributed by atoms with E-state index < -0.39 is 11.8 Å². The number of thioether (sulfide) groups is 1. The number of amides is 1. The number of hydrogen-bond donors (Lipinski definition) is 2. The Bertz CT molecular complexity index is 470. The van der Waals surface area contributed by atoms with Crippen LogP contribution in [0.4, 0.5) is 4.39 Å². The van der Waals surface area contributed by atoms with E-state index in [-0.39, 0.29) is 23.1 Å². The molecule has 0 aliphatic carbocycles. The van der Waals surface area contributed by atoms with Gasteiger partial charge in [0.05, 0.1) is 12.2 Å². The number of carbonyl (C=O) groups excluding carboxylic acids is 1. The van der Waals surface area contributed by atoms with Crippen molar-refractivity contribution in [3.8, 4) is 0 Å². The standard InChI is InChI=1S/C12H13ClFNO3S/c13-10-6-9(14)2-1-8(10)5-11(16)15-3-4-19-7-12(17)18/h1-2,6H,3-5,7H2,(H,15,16)(H,17,18). The lowest BCUT2D eigenvalue weighted by Crippen LogP contribution is -2.27. The number of hydrogen-bond acceptors (Lipinski definition) is 3. The molecule has 2 N–H and O–H groups in total. The highest BCUT2D eigenvalue weighted by molar-refractivity contribution is 7.99. The first-order valence-corrected chi connectivity index (χ1v) is 7.02. The average Bonchev–Trinajstić information content (AvgIpc) is 2.32. The monoisotopic (exact) mass is 305 g/mol. The molecule has 1 rings (SSSR count). The van der Waals surface area contributed by atoms with E-state index >= 15 is 0 Å². The number of carboxylic acid groups (broad SMARTS) is 1. The third-order valence-electron chi connectivity index (χ3n) is 2.16. The fraction of sp³-hybridized carbons (Fsp3) is 0.333. The first-order chi connectivity index (χ1) is 8.99. The zero-order valence-corrected chi connectivity index (χ0v) is 11.6. The highest BCUT2D eigenvalue weighted by atomic mass is 35.5. The summed E-state index contributed by atoms with van der Waals surface area (Å²) in [5.74, 6) is -1.02. The quantitative estimate of drug-likeness (QED) is 0.756. The second-order valence-electron chi connectivity index (χ2n) is 3.71. The van der Waals surface area contributed by atoms with Crippen LogP contribution < -0.4 is 5.32 Å². The second kappa shape index (κ2) is 8.01. The summed E-state index contributed by atoms with van der Waals surface area (Å²) in [6.45, 7) is 0.385. The van der Waals surface area contributed by atoms with E-state index in [1.165, 1.54) is 23.9 Å². The summed E-state index contributed by atoms with van der Waals surface area (Å²) in [4.78, 5) is 21.8. The Morgan fingerprint density at radius 3 is 2.79 bits per heavy atom. The van der Waals surface area contributed by atoms with Crippen LogP contribution in [-0.4, -0.2) is 35.0 Å². The SMILES string of the molecule is O=C(O)CSCCNC(=O)Cc1ccc(F)cc1Cl. The molecular formula is C12H13ClFNO3S. The van der Waals surface area contributed by atoms with Gasteiger partial charge in [0.15, 0.2) is 0 Å². The van der Waals surface area contributed by atoms with Crippen molar-refractivity contribution in [3.05, 3.63) is 34.6 Å². The van der Waals surface area contributed by atoms with Gasteiger partial charge in [-0.3, -0.25) is 9.59 Å². The zero-order chi connectivity index (χ0) is 14.3. The number of nitrogens with one attached hydrogen (secondary N) is 1. The lowest BCUT2D eigenvalue weighted by Gasteiger charge is -2.06. The van der Waals surface area contributed by atoms with Crippen molar-refractivity contribution in [3.63, 3.8) is 0 Å². The van der Waals surface area contributed by atoms with Gasteiger partial charge in [-0.15, -0.1) is 11.8 Å². The van der Waals surface area contributed by atoms with Crippen molar-refractivity contribution in [1.82, 2.24) is 5.32 Å². The molecular weight excluding hydrogens is 293 g/mol. The summed E-state index contributed by atoms with van der Waals surface area (Å²) in [6.07, 6.45) is 0.0721. The Labute approximate surface area is 119 Å². The number of carbonyl (C=O) groups is 2. The van der Waals surface area contributed by atoms with Crippen LogP contribution in [-0.2, 0) is 16.0 Å². The van der Waals surface area contributed by atoms with Gasteiger partial charge < -0.3 is 10.4 Å². The molecule has 0 saturated carbocycles. The molecule has 1 aromatic rings. The summed E-state index contributed by atoms with van der Waals surface area (Å²) in [5, 5.41) is 11.3. The smallest absolute Gasteiger partial charge is 0.313 e. The van der Waals surface area contributed by atoms with Crippen LogP contribution in [0.25, 0.3) is 0 Å². The van der Waals surface area contributed by atoms with Crippen LogP contribution in [0.1, 0.15) is 5.56 Å². The van der Waals surface area contributed by atoms with Crippen LogP contribution in [0.15, 0.2) is 18.2 Å². The zero-order valence-electron chi connectivity index (χ0n) is 9.99. The van der Waals surface area contributed by atoms with Gasteiger partial charge in [0, 0.05) is 17.3 Å². The molecule has 0 atom stereocenters. The molecule has 0 aromatic heterocycles. The summed E-state index contributed by atoms with van der Waals surface area (Å²) in [5.41, 5.74) is 0.554. The first-order valence-electron chi connectivity index (χ1n) is 5.49. The van der Waals surface area contributed by atoms with Crippen molar-refractivity contribution < 1.29 is 19.1 Å². The molecule has 0 aliphatic heterocycles. The van der Waals surface area contributed by atoms with E-state index in [9.17, 15) is 14.0 Å². The fourth-order valence-corrected chi connectivity index (χ4v) is 2.12. The van der Waals surface area contributed by atoms with Gasteiger partial charge in [-0.2, -0.15) is 0 Å².